The molecule has 6 nitrogen and oxygen atoms in total. The van der Waals surface area contributed by atoms with Crippen molar-refractivity contribution in [2.75, 3.05) is 13.7 Å². The van der Waals surface area contributed by atoms with Crippen molar-refractivity contribution in [3.8, 4) is 5.75 Å². The Morgan fingerprint density at radius 2 is 2.28 bits per heavy atom. The maximum atomic E-state index is 6.00. The fourth-order valence-corrected chi connectivity index (χ4v) is 3.42. The summed E-state index contributed by atoms with van der Waals surface area (Å²) in [6.07, 6.45) is 5.85. The van der Waals surface area contributed by atoms with Crippen LogP contribution < -0.4 is 10.1 Å². The van der Waals surface area contributed by atoms with E-state index < -0.39 is 0 Å². The van der Waals surface area contributed by atoms with E-state index >= 15 is 0 Å². The lowest BCUT2D eigenvalue weighted by Crippen LogP contribution is -2.40. The summed E-state index contributed by atoms with van der Waals surface area (Å²) in [5.74, 6) is 2.71. The highest BCUT2D eigenvalue weighted by atomic mass is 16.5. The van der Waals surface area contributed by atoms with E-state index in [4.69, 9.17) is 13.9 Å². The minimum atomic E-state index is -0.0294. The molecule has 1 aliphatic heterocycles. The second-order valence-corrected chi connectivity index (χ2v) is 6.43. The van der Waals surface area contributed by atoms with Crippen molar-refractivity contribution in [1.82, 2.24) is 14.9 Å². The maximum absolute atomic E-state index is 6.00. The predicted octanol–water partition coefficient (Wildman–Crippen LogP) is 3.18. The van der Waals surface area contributed by atoms with Crippen LogP contribution in [0, 0.1) is 0 Å². The highest BCUT2D eigenvalue weighted by Gasteiger charge is 2.30. The van der Waals surface area contributed by atoms with E-state index in [1.54, 1.807) is 7.11 Å². The summed E-state index contributed by atoms with van der Waals surface area (Å²) >= 11 is 0. The van der Waals surface area contributed by atoms with Gasteiger partial charge in [-0.15, -0.1) is 0 Å². The van der Waals surface area contributed by atoms with Crippen LogP contribution in [0.3, 0.4) is 0 Å². The largest absolute Gasteiger partial charge is 0.497 e. The van der Waals surface area contributed by atoms with Crippen molar-refractivity contribution in [1.29, 1.82) is 0 Å². The van der Waals surface area contributed by atoms with E-state index in [2.05, 4.69) is 16.4 Å². The van der Waals surface area contributed by atoms with E-state index in [9.17, 15) is 0 Å². The number of nitrogens with one attached hydrogen (secondary N) is 1. The smallest absolute Gasteiger partial charge is 0.139 e. The number of fused-ring (bicyclic) bond motifs is 1. The third-order valence-electron chi connectivity index (χ3n) is 4.75. The predicted molar refractivity (Wildman–Crippen MR) is 94.5 cm³/mol. The van der Waals surface area contributed by atoms with E-state index in [0.717, 1.165) is 47.8 Å². The molecule has 1 aliphatic rings. The van der Waals surface area contributed by atoms with E-state index in [1.807, 2.05) is 42.2 Å². The number of hydrogen-bond acceptors (Lipinski definition) is 5. The molecule has 0 saturated carbocycles. The Kier molecular flexibility index (Phi) is 4.46. The van der Waals surface area contributed by atoms with Gasteiger partial charge in [-0.25, -0.2) is 4.98 Å². The molecular formula is C19H23N3O3. The van der Waals surface area contributed by atoms with Crippen molar-refractivity contribution in [3.05, 3.63) is 48.2 Å². The van der Waals surface area contributed by atoms with Crippen LogP contribution in [-0.4, -0.2) is 29.3 Å². The molecule has 1 N–H and O–H groups in total. The molecule has 2 atom stereocenters. The van der Waals surface area contributed by atoms with Crippen LogP contribution in [0.4, 0.5) is 0 Å². The van der Waals surface area contributed by atoms with Gasteiger partial charge in [0.15, 0.2) is 0 Å². The number of rotatable bonds is 5. The molecule has 0 unspecified atom stereocenters. The van der Waals surface area contributed by atoms with E-state index in [1.165, 1.54) is 0 Å². The van der Waals surface area contributed by atoms with Crippen LogP contribution in [0.2, 0.25) is 0 Å². The van der Waals surface area contributed by atoms with Gasteiger partial charge >= 0.3 is 0 Å². The molecule has 1 fully saturated rings. The first kappa shape index (κ1) is 16.2. The van der Waals surface area contributed by atoms with Gasteiger partial charge < -0.3 is 23.8 Å². The van der Waals surface area contributed by atoms with Crippen molar-refractivity contribution in [2.45, 2.75) is 31.5 Å². The zero-order valence-electron chi connectivity index (χ0n) is 14.6. The molecule has 25 heavy (non-hydrogen) atoms. The zero-order valence-corrected chi connectivity index (χ0v) is 14.6. The van der Waals surface area contributed by atoms with Gasteiger partial charge in [0, 0.05) is 37.5 Å². The zero-order chi connectivity index (χ0) is 17.2. The third kappa shape index (κ3) is 3.27. The maximum Gasteiger partial charge on any atom is 0.139 e. The van der Waals surface area contributed by atoms with Gasteiger partial charge in [0.25, 0.3) is 0 Å². The van der Waals surface area contributed by atoms with Crippen LogP contribution in [0.1, 0.15) is 30.5 Å². The molecule has 3 aromatic rings. The molecule has 0 aliphatic carbocycles. The molecule has 2 aromatic heterocycles. The Morgan fingerprint density at radius 3 is 3.08 bits per heavy atom. The number of ether oxygens (including phenoxy) is 2. The molecule has 1 saturated heterocycles. The van der Waals surface area contributed by atoms with Gasteiger partial charge in [0.05, 0.1) is 13.7 Å². The van der Waals surface area contributed by atoms with Crippen LogP contribution in [0.5, 0.6) is 5.75 Å². The third-order valence-corrected chi connectivity index (χ3v) is 4.75. The Balaban J connectivity index is 1.48. The van der Waals surface area contributed by atoms with Gasteiger partial charge in [0.2, 0.25) is 0 Å². The monoisotopic (exact) mass is 341 g/mol. The molecule has 1 aromatic carbocycles. The Labute approximate surface area is 146 Å². The summed E-state index contributed by atoms with van der Waals surface area (Å²) in [6.45, 7) is 1.44. The highest BCUT2D eigenvalue weighted by molar-refractivity contribution is 5.79. The highest BCUT2D eigenvalue weighted by Crippen LogP contribution is 2.28. The summed E-state index contributed by atoms with van der Waals surface area (Å²) in [5.41, 5.74) is 0.873. The van der Waals surface area contributed by atoms with Crippen molar-refractivity contribution >= 4 is 11.0 Å². The fraction of sp³-hybridized carbons (Fsp3) is 0.421. The van der Waals surface area contributed by atoms with E-state index in [-0.39, 0.29) is 12.1 Å². The lowest BCUT2D eigenvalue weighted by Gasteiger charge is -2.31. The molecule has 0 amide bonds. The van der Waals surface area contributed by atoms with Crippen LogP contribution in [0.25, 0.3) is 11.0 Å². The minimum Gasteiger partial charge on any atom is -0.497 e. The average molecular weight is 341 g/mol. The van der Waals surface area contributed by atoms with Gasteiger partial charge in [-0.05, 0) is 37.1 Å². The molecule has 132 valence electrons. The summed E-state index contributed by atoms with van der Waals surface area (Å²) in [6, 6.07) is 8.12. The van der Waals surface area contributed by atoms with Gasteiger partial charge in [0.1, 0.15) is 29.0 Å². The standard InChI is InChI=1S/C19H23N3O3/c1-22-8-7-20-19(22)18-16(4-3-9-24-18)21-12-15-11-13-10-14(23-2)5-6-17(13)25-15/h5-8,10-11,16,18,21H,3-4,9,12H2,1-2H3/t16-,18-/m0/s1. The number of furan rings is 1. The SMILES string of the molecule is COc1ccc2oc(CN[C@H]3CCCO[C@@H]3c3nccn3C)cc2c1. The molecule has 3 heterocycles. The number of imidazole rings is 1. The molecule has 6 heteroatoms. The van der Waals surface area contributed by atoms with Crippen LogP contribution in [-0.2, 0) is 18.3 Å². The number of benzene rings is 1. The average Bonchev–Trinajstić information content (AvgIpc) is 3.25. The van der Waals surface area contributed by atoms with Crippen LogP contribution >= 0.6 is 0 Å². The van der Waals surface area contributed by atoms with Gasteiger partial charge in [-0.1, -0.05) is 0 Å². The lowest BCUT2D eigenvalue weighted by molar-refractivity contribution is -0.0181. The van der Waals surface area contributed by atoms with Gasteiger partial charge in [-0.3, -0.25) is 0 Å². The van der Waals surface area contributed by atoms with Gasteiger partial charge in [-0.2, -0.15) is 0 Å². The number of aryl methyl sites for hydroxylation is 1. The lowest BCUT2D eigenvalue weighted by atomic mass is 10.0. The van der Waals surface area contributed by atoms with Crippen molar-refractivity contribution < 1.29 is 13.9 Å². The Morgan fingerprint density at radius 1 is 1.36 bits per heavy atom. The number of nitrogens with zero attached hydrogens (tertiary/aromatic N) is 2. The molecule has 0 radical (unpaired) electrons. The van der Waals surface area contributed by atoms with Crippen molar-refractivity contribution in [2.24, 2.45) is 7.05 Å². The van der Waals surface area contributed by atoms with Crippen molar-refractivity contribution in [3.63, 3.8) is 0 Å². The summed E-state index contributed by atoms with van der Waals surface area (Å²) < 4.78 is 19.2. The number of methoxy groups -OCH3 is 1. The number of hydrogen-bond donors (Lipinski definition) is 1. The summed E-state index contributed by atoms with van der Waals surface area (Å²) in [4.78, 5) is 4.46. The Hall–Kier alpha value is -2.31. The minimum absolute atomic E-state index is 0.0294. The summed E-state index contributed by atoms with van der Waals surface area (Å²) in [7, 11) is 3.68. The topological polar surface area (TPSA) is 61.4 Å². The van der Waals surface area contributed by atoms with Crippen LogP contribution in [0.15, 0.2) is 41.1 Å². The quantitative estimate of drug-likeness (QED) is 0.772. The molecular weight excluding hydrogens is 318 g/mol. The first-order chi connectivity index (χ1) is 12.2. The normalized spacial score (nSPS) is 20.9. The first-order valence-corrected chi connectivity index (χ1v) is 8.63. The molecule has 0 spiro atoms. The van der Waals surface area contributed by atoms with E-state index in [0.29, 0.717) is 6.54 Å². The second-order valence-electron chi connectivity index (χ2n) is 6.43. The summed E-state index contributed by atoms with van der Waals surface area (Å²) in [5, 5.41) is 4.64. The first-order valence-electron chi connectivity index (χ1n) is 8.63. The molecule has 4 rings (SSSR count). The number of aromatic nitrogens is 2. The fourth-order valence-electron chi connectivity index (χ4n) is 3.42. The Bertz CT molecular complexity index is 855. The second kappa shape index (κ2) is 6.90. The molecule has 0 bridgehead atoms.